The number of benzene rings is 1. The van der Waals surface area contributed by atoms with Gasteiger partial charge >= 0.3 is 0 Å². The fourth-order valence-corrected chi connectivity index (χ4v) is 4.86. The number of nitrogens with one attached hydrogen (secondary N) is 2. The lowest BCUT2D eigenvalue weighted by molar-refractivity contribution is -0.115. The molecule has 6 nitrogen and oxygen atoms in total. The van der Waals surface area contributed by atoms with Crippen LogP contribution in [0.1, 0.15) is 10.4 Å². The van der Waals surface area contributed by atoms with Crippen molar-refractivity contribution in [3.63, 3.8) is 0 Å². The molecule has 1 aromatic carbocycles. The molecule has 0 fully saturated rings. The van der Waals surface area contributed by atoms with Crippen LogP contribution in [0.4, 0.5) is 5.13 Å². The molecule has 0 atom stereocenters. The third-order valence-electron chi connectivity index (χ3n) is 4.22. The maximum absolute atomic E-state index is 12.5. The number of amides is 1. The molecular formula is C18H15ClN4O2S2. The summed E-state index contributed by atoms with van der Waals surface area (Å²) in [6.07, 6.45) is 0.134. The number of aromatic nitrogens is 3. The molecular weight excluding hydrogens is 404 g/mol. The Balaban J connectivity index is 1.53. The molecule has 4 aromatic rings. The van der Waals surface area contributed by atoms with Gasteiger partial charge < -0.3 is 5.32 Å². The second-order valence-electron chi connectivity index (χ2n) is 6.09. The van der Waals surface area contributed by atoms with E-state index in [0.717, 1.165) is 26.5 Å². The lowest BCUT2D eigenvalue weighted by Gasteiger charge is -2.02. The van der Waals surface area contributed by atoms with Crippen molar-refractivity contribution in [1.82, 2.24) is 14.8 Å². The summed E-state index contributed by atoms with van der Waals surface area (Å²) in [5.74, 6) is -0.196. The van der Waals surface area contributed by atoms with E-state index in [9.17, 15) is 9.59 Å². The molecule has 3 heterocycles. The Morgan fingerprint density at radius 3 is 2.81 bits per heavy atom. The fourth-order valence-electron chi connectivity index (χ4n) is 2.91. The minimum Gasteiger partial charge on any atom is -0.302 e. The highest BCUT2D eigenvalue weighted by Gasteiger charge is 2.19. The number of anilines is 1. The minimum absolute atomic E-state index is 0.134. The molecule has 27 heavy (non-hydrogen) atoms. The Labute approximate surface area is 167 Å². The average Bonchev–Trinajstić information content (AvgIpc) is 3.27. The Bertz CT molecular complexity index is 1200. The molecule has 2 N–H and O–H groups in total. The highest BCUT2D eigenvalue weighted by Crippen LogP contribution is 2.29. The van der Waals surface area contributed by atoms with E-state index in [0.29, 0.717) is 15.5 Å². The van der Waals surface area contributed by atoms with Crippen LogP contribution >= 0.6 is 34.3 Å². The topological polar surface area (TPSA) is 79.8 Å². The van der Waals surface area contributed by atoms with Gasteiger partial charge in [-0.15, -0.1) is 22.7 Å². The number of carbonyl (C=O) groups is 1. The summed E-state index contributed by atoms with van der Waals surface area (Å²) in [7, 11) is 1.79. The van der Waals surface area contributed by atoms with Gasteiger partial charge in [0.2, 0.25) is 5.91 Å². The molecule has 0 spiro atoms. The van der Waals surface area contributed by atoms with E-state index in [1.807, 2.05) is 24.4 Å². The van der Waals surface area contributed by atoms with Gasteiger partial charge in [-0.05, 0) is 24.6 Å². The van der Waals surface area contributed by atoms with Crippen LogP contribution in [0.2, 0.25) is 5.02 Å². The van der Waals surface area contributed by atoms with Crippen LogP contribution < -0.4 is 10.9 Å². The molecule has 138 valence electrons. The monoisotopic (exact) mass is 418 g/mol. The highest BCUT2D eigenvalue weighted by atomic mass is 35.5. The Morgan fingerprint density at radius 2 is 2.07 bits per heavy atom. The molecule has 0 bridgehead atoms. The first kappa shape index (κ1) is 18.0. The number of aryl methyl sites for hydroxylation is 2. The van der Waals surface area contributed by atoms with Crippen molar-refractivity contribution >= 4 is 55.5 Å². The number of hydrogen-bond acceptors (Lipinski definition) is 5. The second kappa shape index (κ2) is 6.95. The molecule has 0 aliphatic carbocycles. The van der Waals surface area contributed by atoms with Crippen LogP contribution in [0.5, 0.6) is 0 Å². The molecule has 0 aliphatic rings. The van der Waals surface area contributed by atoms with Crippen LogP contribution in [-0.2, 0) is 18.3 Å². The number of hydrogen-bond donors (Lipinski definition) is 2. The first-order valence-corrected chi connectivity index (χ1v) is 10.2. The number of thiophene rings is 1. The van der Waals surface area contributed by atoms with Gasteiger partial charge in [-0.2, -0.15) is 0 Å². The lowest BCUT2D eigenvalue weighted by atomic mass is 10.1. The van der Waals surface area contributed by atoms with Gasteiger partial charge in [-0.3, -0.25) is 19.4 Å². The second-order valence-corrected chi connectivity index (χ2v) is 8.58. The zero-order valence-corrected chi connectivity index (χ0v) is 16.9. The van der Waals surface area contributed by atoms with Crippen molar-refractivity contribution in [2.45, 2.75) is 13.3 Å². The van der Waals surface area contributed by atoms with Gasteiger partial charge in [0.25, 0.3) is 5.56 Å². The first-order valence-electron chi connectivity index (χ1n) is 8.10. The third-order valence-corrected chi connectivity index (χ3v) is 6.45. The van der Waals surface area contributed by atoms with E-state index >= 15 is 0 Å². The molecule has 1 amide bonds. The minimum atomic E-state index is -0.196. The predicted molar refractivity (Wildman–Crippen MR) is 111 cm³/mol. The first-order chi connectivity index (χ1) is 12.9. The number of H-pyrrole nitrogens is 1. The van der Waals surface area contributed by atoms with Crippen LogP contribution in [0.15, 0.2) is 34.4 Å². The molecule has 0 saturated heterocycles. The number of thiazole rings is 1. The van der Waals surface area contributed by atoms with Crippen molar-refractivity contribution in [3.8, 4) is 11.3 Å². The van der Waals surface area contributed by atoms with Crippen LogP contribution in [0.3, 0.4) is 0 Å². The smallest absolute Gasteiger partial charge is 0.273 e. The average molecular weight is 419 g/mol. The van der Waals surface area contributed by atoms with E-state index in [1.54, 1.807) is 23.9 Å². The molecule has 3 aromatic heterocycles. The summed E-state index contributed by atoms with van der Waals surface area (Å²) in [4.78, 5) is 30.9. The number of aromatic amines is 1. The highest BCUT2D eigenvalue weighted by molar-refractivity contribution is 7.18. The summed E-state index contributed by atoms with van der Waals surface area (Å²) >= 11 is 8.77. The Kier molecular flexibility index (Phi) is 4.63. The van der Waals surface area contributed by atoms with Gasteiger partial charge in [0.1, 0.15) is 4.83 Å². The molecule has 0 radical (unpaired) electrons. The standard InChI is InChI=1S/C18H15ClN4O2S2/c1-9-12(15-16(25)22-23(2)17(15)27-9)7-14(24)21-18-20-13(8-26-18)10-3-5-11(19)6-4-10/h3-6,8H,7H2,1-2H3,(H,22,25)(H,20,21,24). The number of halogens is 1. The van der Waals surface area contributed by atoms with Gasteiger partial charge in [0.05, 0.1) is 17.5 Å². The maximum atomic E-state index is 12.5. The molecule has 0 unspecified atom stereocenters. The number of carbonyl (C=O) groups excluding carboxylic acids is 1. The molecule has 4 rings (SSSR count). The maximum Gasteiger partial charge on any atom is 0.273 e. The van der Waals surface area contributed by atoms with Crippen LogP contribution in [0.25, 0.3) is 21.5 Å². The summed E-state index contributed by atoms with van der Waals surface area (Å²) in [5, 5.41) is 9.22. The summed E-state index contributed by atoms with van der Waals surface area (Å²) in [5.41, 5.74) is 2.31. The Morgan fingerprint density at radius 1 is 1.33 bits per heavy atom. The van der Waals surface area contributed by atoms with Gasteiger partial charge in [0.15, 0.2) is 5.13 Å². The molecule has 0 saturated carbocycles. The zero-order chi connectivity index (χ0) is 19.1. The summed E-state index contributed by atoms with van der Waals surface area (Å²) < 4.78 is 1.69. The summed E-state index contributed by atoms with van der Waals surface area (Å²) in [6.45, 7) is 1.93. The van der Waals surface area contributed by atoms with Gasteiger partial charge in [0, 0.05) is 27.9 Å². The van der Waals surface area contributed by atoms with Crippen LogP contribution in [-0.4, -0.2) is 20.7 Å². The van der Waals surface area contributed by atoms with E-state index in [-0.39, 0.29) is 17.9 Å². The number of fused-ring (bicyclic) bond motifs is 1. The van der Waals surface area contributed by atoms with Gasteiger partial charge in [-0.1, -0.05) is 23.7 Å². The Hall–Kier alpha value is -2.42. The summed E-state index contributed by atoms with van der Waals surface area (Å²) in [6, 6.07) is 7.37. The van der Waals surface area contributed by atoms with Crippen molar-refractivity contribution in [1.29, 1.82) is 0 Å². The third kappa shape index (κ3) is 3.43. The van der Waals surface area contributed by atoms with Crippen molar-refractivity contribution in [2.75, 3.05) is 5.32 Å². The number of nitrogens with zero attached hydrogens (tertiary/aromatic N) is 2. The van der Waals surface area contributed by atoms with Gasteiger partial charge in [-0.25, -0.2) is 4.98 Å². The van der Waals surface area contributed by atoms with Crippen molar-refractivity contribution < 1.29 is 4.79 Å². The quantitative estimate of drug-likeness (QED) is 0.521. The van der Waals surface area contributed by atoms with Crippen molar-refractivity contribution in [2.24, 2.45) is 7.05 Å². The van der Waals surface area contributed by atoms with E-state index in [2.05, 4.69) is 15.4 Å². The number of rotatable bonds is 4. The fraction of sp³-hybridized carbons (Fsp3) is 0.167. The largest absolute Gasteiger partial charge is 0.302 e. The predicted octanol–water partition coefficient (Wildman–Crippen LogP) is 4.19. The van der Waals surface area contributed by atoms with E-state index in [1.165, 1.54) is 22.7 Å². The lowest BCUT2D eigenvalue weighted by Crippen LogP contribution is -2.15. The van der Waals surface area contributed by atoms with Crippen molar-refractivity contribution in [3.05, 3.63) is 55.5 Å². The normalized spacial score (nSPS) is 11.2. The molecule has 9 heteroatoms. The molecule has 0 aliphatic heterocycles. The van der Waals surface area contributed by atoms with E-state index in [4.69, 9.17) is 11.6 Å². The zero-order valence-electron chi connectivity index (χ0n) is 14.5. The SMILES string of the molecule is Cc1sc2c(c1CC(=O)Nc1nc(-c3ccc(Cl)cc3)cs1)c(=O)[nH]n2C. The van der Waals surface area contributed by atoms with Crippen LogP contribution in [0, 0.1) is 6.92 Å². The van der Waals surface area contributed by atoms with E-state index < -0.39 is 0 Å².